The molecule has 2 rings (SSSR count). The van der Waals surface area contributed by atoms with Crippen molar-refractivity contribution in [1.82, 2.24) is 9.78 Å². The van der Waals surface area contributed by atoms with E-state index >= 15 is 0 Å². The third kappa shape index (κ3) is 2.38. The molecule has 0 N–H and O–H groups in total. The van der Waals surface area contributed by atoms with E-state index in [0.717, 1.165) is 10.0 Å². The Labute approximate surface area is 99.8 Å². The summed E-state index contributed by atoms with van der Waals surface area (Å²) in [6.45, 7) is 0. The number of rotatable bonds is 2. The van der Waals surface area contributed by atoms with Crippen molar-refractivity contribution in [2.45, 2.75) is 5.88 Å². The fourth-order valence-electron chi connectivity index (χ4n) is 1.28. The molecular weight excluding hydrogens is 282 g/mol. The summed E-state index contributed by atoms with van der Waals surface area (Å²) in [7, 11) is 0. The van der Waals surface area contributed by atoms with Gasteiger partial charge in [0.05, 0.1) is 16.4 Å². The van der Waals surface area contributed by atoms with Crippen LogP contribution in [-0.4, -0.2) is 9.78 Å². The number of alkyl halides is 1. The molecule has 0 amide bonds. The minimum atomic E-state index is -0.310. The van der Waals surface area contributed by atoms with E-state index in [4.69, 9.17) is 11.6 Å². The summed E-state index contributed by atoms with van der Waals surface area (Å²) in [5, 5.41) is 4.06. The molecule has 2 aromatic rings. The summed E-state index contributed by atoms with van der Waals surface area (Å²) in [6, 6.07) is 4.63. The van der Waals surface area contributed by atoms with E-state index in [9.17, 15) is 4.39 Å². The number of hydrogen-bond acceptors (Lipinski definition) is 1. The fraction of sp³-hybridized carbons (Fsp3) is 0.100. The number of aromatic nitrogens is 2. The first-order valence-corrected chi connectivity index (χ1v) is 5.58. The Morgan fingerprint density at radius 3 is 2.80 bits per heavy atom. The van der Waals surface area contributed by atoms with E-state index in [1.54, 1.807) is 23.1 Å². The van der Waals surface area contributed by atoms with Crippen LogP contribution in [0.5, 0.6) is 0 Å². The lowest BCUT2D eigenvalue weighted by molar-refractivity contribution is 0.624. The van der Waals surface area contributed by atoms with Crippen molar-refractivity contribution in [3.63, 3.8) is 0 Å². The van der Waals surface area contributed by atoms with Crippen molar-refractivity contribution < 1.29 is 4.39 Å². The first kappa shape index (κ1) is 10.6. The van der Waals surface area contributed by atoms with Gasteiger partial charge in [-0.2, -0.15) is 5.10 Å². The molecule has 1 heterocycles. The van der Waals surface area contributed by atoms with Crippen LogP contribution in [0.4, 0.5) is 4.39 Å². The number of halogens is 3. The summed E-state index contributed by atoms with van der Waals surface area (Å²) >= 11 is 8.94. The molecule has 0 aliphatic carbocycles. The van der Waals surface area contributed by atoms with Crippen LogP contribution in [0.1, 0.15) is 5.56 Å². The second-order valence-electron chi connectivity index (χ2n) is 3.05. The van der Waals surface area contributed by atoms with E-state index in [1.807, 2.05) is 0 Å². The SMILES string of the molecule is Fc1cc(CCl)cc(-n2cc(Br)cn2)c1. The van der Waals surface area contributed by atoms with Gasteiger partial charge < -0.3 is 0 Å². The summed E-state index contributed by atoms with van der Waals surface area (Å²) in [5.41, 5.74) is 1.40. The summed E-state index contributed by atoms with van der Waals surface area (Å²) in [6.07, 6.45) is 3.40. The molecule has 0 radical (unpaired) electrons. The average Bonchev–Trinajstić information content (AvgIpc) is 2.64. The van der Waals surface area contributed by atoms with Gasteiger partial charge in [-0.3, -0.25) is 0 Å². The van der Waals surface area contributed by atoms with Crippen LogP contribution in [0.15, 0.2) is 35.1 Å². The highest BCUT2D eigenvalue weighted by Gasteiger charge is 2.03. The van der Waals surface area contributed by atoms with Crippen LogP contribution < -0.4 is 0 Å². The lowest BCUT2D eigenvalue weighted by atomic mass is 10.2. The molecule has 0 fully saturated rings. The lowest BCUT2D eigenvalue weighted by Crippen LogP contribution is -1.96. The van der Waals surface area contributed by atoms with Gasteiger partial charge in [0.25, 0.3) is 0 Å². The Bertz CT molecular complexity index is 484. The van der Waals surface area contributed by atoms with Gasteiger partial charge in [-0.25, -0.2) is 9.07 Å². The van der Waals surface area contributed by atoms with Crippen molar-refractivity contribution in [2.75, 3.05) is 0 Å². The van der Waals surface area contributed by atoms with E-state index in [0.29, 0.717) is 5.69 Å². The molecule has 0 saturated heterocycles. The van der Waals surface area contributed by atoms with Gasteiger partial charge in [-0.1, -0.05) is 0 Å². The van der Waals surface area contributed by atoms with Crippen LogP contribution in [0.2, 0.25) is 0 Å². The predicted molar refractivity (Wildman–Crippen MR) is 60.8 cm³/mol. The van der Waals surface area contributed by atoms with Crippen LogP contribution >= 0.6 is 27.5 Å². The van der Waals surface area contributed by atoms with Crippen molar-refractivity contribution in [2.24, 2.45) is 0 Å². The Hall–Kier alpha value is -0.870. The maximum absolute atomic E-state index is 13.2. The van der Waals surface area contributed by atoms with Crippen LogP contribution in [0, 0.1) is 5.82 Å². The number of benzene rings is 1. The van der Waals surface area contributed by atoms with Gasteiger partial charge in [-0.15, -0.1) is 11.6 Å². The first-order valence-electron chi connectivity index (χ1n) is 4.25. The molecule has 0 spiro atoms. The zero-order valence-electron chi connectivity index (χ0n) is 7.62. The molecule has 1 aromatic heterocycles. The van der Waals surface area contributed by atoms with Crippen molar-refractivity contribution in [3.8, 4) is 5.69 Å². The van der Waals surface area contributed by atoms with Crippen molar-refractivity contribution in [3.05, 3.63) is 46.4 Å². The van der Waals surface area contributed by atoms with Gasteiger partial charge in [0.2, 0.25) is 0 Å². The normalized spacial score (nSPS) is 10.6. The fourth-order valence-corrected chi connectivity index (χ4v) is 1.72. The minimum absolute atomic E-state index is 0.285. The minimum Gasteiger partial charge on any atom is -0.240 e. The van der Waals surface area contributed by atoms with Crippen molar-refractivity contribution in [1.29, 1.82) is 0 Å². The van der Waals surface area contributed by atoms with Crippen molar-refractivity contribution >= 4 is 27.5 Å². The molecule has 0 unspecified atom stereocenters. The van der Waals surface area contributed by atoms with Crippen LogP contribution in [0.25, 0.3) is 5.69 Å². The Kier molecular flexibility index (Phi) is 3.07. The topological polar surface area (TPSA) is 17.8 Å². The molecule has 0 bridgehead atoms. The molecule has 5 heteroatoms. The van der Waals surface area contributed by atoms with Gasteiger partial charge in [-0.05, 0) is 39.7 Å². The largest absolute Gasteiger partial charge is 0.240 e. The summed E-state index contributed by atoms with van der Waals surface area (Å²) in [5.74, 6) is -0.0255. The quantitative estimate of drug-likeness (QED) is 0.774. The molecule has 2 nitrogen and oxygen atoms in total. The second kappa shape index (κ2) is 4.33. The van der Waals surface area contributed by atoms with Crippen LogP contribution in [-0.2, 0) is 5.88 Å². The highest BCUT2D eigenvalue weighted by Crippen LogP contribution is 2.16. The third-order valence-electron chi connectivity index (χ3n) is 1.91. The standard InChI is InChI=1S/C10H7BrClFN2/c11-8-5-14-15(6-8)10-2-7(4-12)1-9(13)3-10/h1-3,5-6H,4H2. The number of hydrogen-bond donors (Lipinski definition) is 0. The molecule has 0 atom stereocenters. The van der Waals surface area contributed by atoms with Gasteiger partial charge >= 0.3 is 0 Å². The molecule has 0 saturated carbocycles. The van der Waals surface area contributed by atoms with Crippen LogP contribution in [0.3, 0.4) is 0 Å². The number of nitrogens with zero attached hydrogens (tertiary/aromatic N) is 2. The Balaban J connectivity index is 2.48. The predicted octanol–water partition coefficient (Wildman–Crippen LogP) is 3.51. The molecule has 78 valence electrons. The molecular formula is C10H7BrClFN2. The lowest BCUT2D eigenvalue weighted by Gasteiger charge is -2.03. The van der Waals surface area contributed by atoms with E-state index in [2.05, 4.69) is 21.0 Å². The monoisotopic (exact) mass is 288 g/mol. The maximum atomic E-state index is 13.2. The zero-order chi connectivity index (χ0) is 10.8. The maximum Gasteiger partial charge on any atom is 0.125 e. The highest BCUT2D eigenvalue weighted by atomic mass is 79.9. The highest BCUT2D eigenvalue weighted by molar-refractivity contribution is 9.10. The second-order valence-corrected chi connectivity index (χ2v) is 4.24. The molecule has 0 aliphatic heterocycles. The van der Waals surface area contributed by atoms with Gasteiger partial charge in [0.1, 0.15) is 5.82 Å². The summed E-state index contributed by atoms with van der Waals surface area (Å²) in [4.78, 5) is 0. The van der Waals surface area contributed by atoms with Gasteiger partial charge in [0.15, 0.2) is 0 Å². The Morgan fingerprint density at radius 1 is 1.40 bits per heavy atom. The Morgan fingerprint density at radius 2 is 2.20 bits per heavy atom. The zero-order valence-corrected chi connectivity index (χ0v) is 9.96. The van der Waals surface area contributed by atoms with E-state index in [-0.39, 0.29) is 11.7 Å². The molecule has 1 aromatic carbocycles. The molecule has 15 heavy (non-hydrogen) atoms. The van der Waals surface area contributed by atoms with Gasteiger partial charge in [0, 0.05) is 12.1 Å². The third-order valence-corrected chi connectivity index (χ3v) is 2.63. The van der Waals surface area contributed by atoms with E-state index in [1.165, 1.54) is 12.1 Å². The average molecular weight is 290 g/mol. The molecule has 0 aliphatic rings. The summed E-state index contributed by atoms with van der Waals surface area (Å²) < 4.78 is 15.6. The van der Waals surface area contributed by atoms with E-state index < -0.39 is 0 Å². The smallest absolute Gasteiger partial charge is 0.125 e. The first-order chi connectivity index (χ1) is 7.19.